The lowest BCUT2D eigenvalue weighted by Gasteiger charge is -2.27. The minimum Gasteiger partial charge on any atom is -0.370 e. The van der Waals surface area contributed by atoms with Crippen LogP contribution in [0.2, 0.25) is 0 Å². The van der Waals surface area contributed by atoms with E-state index in [2.05, 4.69) is 14.9 Å². The van der Waals surface area contributed by atoms with Gasteiger partial charge in [0.2, 0.25) is 0 Å². The SMILES string of the molecule is NC(=NCCc1ccccn1)N1CCCCC1. The van der Waals surface area contributed by atoms with Crippen LogP contribution in [0, 0.1) is 0 Å². The molecule has 1 fully saturated rings. The van der Waals surface area contributed by atoms with E-state index in [9.17, 15) is 0 Å². The third-order valence-electron chi connectivity index (χ3n) is 3.05. The molecule has 0 bridgehead atoms. The first kappa shape index (κ1) is 11.9. The van der Waals surface area contributed by atoms with Crippen molar-refractivity contribution in [1.82, 2.24) is 9.88 Å². The molecular formula is C13H20N4. The second kappa shape index (κ2) is 6.23. The fourth-order valence-corrected chi connectivity index (χ4v) is 2.05. The number of hydrogen-bond donors (Lipinski definition) is 1. The summed E-state index contributed by atoms with van der Waals surface area (Å²) in [5.41, 5.74) is 7.04. The van der Waals surface area contributed by atoms with E-state index in [-0.39, 0.29) is 0 Å². The lowest BCUT2D eigenvalue weighted by atomic mass is 10.1. The van der Waals surface area contributed by atoms with Gasteiger partial charge in [0.25, 0.3) is 0 Å². The molecule has 0 saturated carbocycles. The highest BCUT2D eigenvalue weighted by atomic mass is 15.2. The maximum absolute atomic E-state index is 5.97. The van der Waals surface area contributed by atoms with Gasteiger partial charge in [0.05, 0.1) is 0 Å². The van der Waals surface area contributed by atoms with Crippen LogP contribution in [0.1, 0.15) is 25.0 Å². The maximum atomic E-state index is 5.97. The number of aromatic nitrogens is 1. The molecule has 1 aromatic heterocycles. The fourth-order valence-electron chi connectivity index (χ4n) is 2.05. The lowest BCUT2D eigenvalue weighted by molar-refractivity contribution is 0.338. The molecule has 4 nitrogen and oxygen atoms in total. The van der Waals surface area contributed by atoms with Gasteiger partial charge in [0.1, 0.15) is 0 Å². The van der Waals surface area contributed by atoms with E-state index in [1.807, 2.05) is 24.4 Å². The summed E-state index contributed by atoms with van der Waals surface area (Å²) in [7, 11) is 0. The first-order valence-corrected chi connectivity index (χ1v) is 6.31. The maximum Gasteiger partial charge on any atom is 0.191 e. The molecule has 1 aromatic rings. The Morgan fingerprint density at radius 2 is 2.12 bits per heavy atom. The number of rotatable bonds is 3. The standard InChI is InChI=1S/C13H20N4/c14-13(17-10-4-1-5-11-17)16-9-7-12-6-2-3-8-15-12/h2-3,6,8H,1,4-5,7,9-11H2,(H2,14,16). The lowest BCUT2D eigenvalue weighted by Crippen LogP contribution is -2.41. The van der Waals surface area contributed by atoms with Crippen molar-refractivity contribution in [1.29, 1.82) is 0 Å². The number of guanidine groups is 1. The molecule has 0 unspecified atom stereocenters. The van der Waals surface area contributed by atoms with Crippen molar-refractivity contribution in [3.05, 3.63) is 30.1 Å². The Balaban J connectivity index is 1.79. The van der Waals surface area contributed by atoms with Gasteiger partial charge >= 0.3 is 0 Å². The molecule has 0 aromatic carbocycles. The normalized spacial score (nSPS) is 17.2. The predicted octanol–water partition coefficient (Wildman–Crippen LogP) is 1.42. The molecule has 0 radical (unpaired) electrons. The van der Waals surface area contributed by atoms with E-state index in [4.69, 9.17) is 5.73 Å². The minimum absolute atomic E-state index is 0.695. The van der Waals surface area contributed by atoms with E-state index in [1.165, 1.54) is 19.3 Å². The minimum atomic E-state index is 0.695. The highest BCUT2D eigenvalue weighted by Crippen LogP contribution is 2.07. The Morgan fingerprint density at radius 1 is 1.29 bits per heavy atom. The quantitative estimate of drug-likeness (QED) is 0.633. The van der Waals surface area contributed by atoms with Crippen LogP contribution in [0.4, 0.5) is 0 Å². The molecule has 2 N–H and O–H groups in total. The highest BCUT2D eigenvalue weighted by Gasteiger charge is 2.11. The first-order chi connectivity index (χ1) is 8.36. The molecule has 1 aliphatic heterocycles. The topological polar surface area (TPSA) is 54.5 Å². The molecule has 4 heteroatoms. The van der Waals surface area contributed by atoms with Crippen molar-refractivity contribution in [2.75, 3.05) is 19.6 Å². The van der Waals surface area contributed by atoms with Crippen LogP contribution < -0.4 is 5.73 Å². The van der Waals surface area contributed by atoms with Crippen LogP contribution in [-0.4, -0.2) is 35.5 Å². The fraction of sp³-hybridized carbons (Fsp3) is 0.538. The summed E-state index contributed by atoms with van der Waals surface area (Å²) < 4.78 is 0. The van der Waals surface area contributed by atoms with Crippen LogP contribution in [0.3, 0.4) is 0 Å². The molecule has 2 rings (SSSR count). The average Bonchev–Trinajstić information content (AvgIpc) is 2.41. The summed E-state index contributed by atoms with van der Waals surface area (Å²) in [6.07, 6.45) is 6.45. The third-order valence-corrected chi connectivity index (χ3v) is 3.05. The number of hydrogen-bond acceptors (Lipinski definition) is 2. The molecule has 0 aliphatic carbocycles. The molecule has 1 saturated heterocycles. The number of nitrogens with zero attached hydrogens (tertiary/aromatic N) is 3. The molecule has 17 heavy (non-hydrogen) atoms. The van der Waals surface area contributed by atoms with E-state index in [1.54, 1.807) is 0 Å². The molecule has 0 amide bonds. The monoisotopic (exact) mass is 232 g/mol. The van der Waals surface area contributed by atoms with E-state index in [0.717, 1.165) is 31.7 Å². The van der Waals surface area contributed by atoms with Crippen molar-refractivity contribution in [2.24, 2.45) is 10.7 Å². The largest absolute Gasteiger partial charge is 0.370 e. The summed E-state index contributed by atoms with van der Waals surface area (Å²) in [6, 6.07) is 5.95. The van der Waals surface area contributed by atoms with E-state index < -0.39 is 0 Å². The second-order valence-corrected chi connectivity index (χ2v) is 4.36. The highest BCUT2D eigenvalue weighted by molar-refractivity contribution is 5.78. The Labute approximate surface area is 103 Å². The zero-order chi connectivity index (χ0) is 11.9. The Morgan fingerprint density at radius 3 is 2.82 bits per heavy atom. The van der Waals surface area contributed by atoms with Crippen LogP contribution in [0.5, 0.6) is 0 Å². The van der Waals surface area contributed by atoms with Crippen LogP contribution in [0.25, 0.3) is 0 Å². The molecule has 0 spiro atoms. The van der Waals surface area contributed by atoms with Gasteiger partial charge in [0.15, 0.2) is 5.96 Å². The second-order valence-electron chi connectivity index (χ2n) is 4.36. The van der Waals surface area contributed by atoms with Gasteiger partial charge in [-0.1, -0.05) is 6.07 Å². The van der Waals surface area contributed by atoms with Gasteiger partial charge in [-0.15, -0.1) is 0 Å². The Hall–Kier alpha value is -1.58. The number of aliphatic imine (C=N–C) groups is 1. The van der Waals surface area contributed by atoms with Crippen molar-refractivity contribution >= 4 is 5.96 Å². The van der Waals surface area contributed by atoms with Gasteiger partial charge in [-0.05, 0) is 31.4 Å². The van der Waals surface area contributed by atoms with E-state index in [0.29, 0.717) is 5.96 Å². The van der Waals surface area contributed by atoms with Crippen molar-refractivity contribution in [3.63, 3.8) is 0 Å². The molecule has 2 heterocycles. The Kier molecular flexibility index (Phi) is 4.36. The van der Waals surface area contributed by atoms with E-state index >= 15 is 0 Å². The summed E-state index contributed by atoms with van der Waals surface area (Å²) in [5, 5.41) is 0. The summed E-state index contributed by atoms with van der Waals surface area (Å²) >= 11 is 0. The van der Waals surface area contributed by atoms with Gasteiger partial charge in [-0.3, -0.25) is 9.98 Å². The Bertz CT molecular complexity index is 355. The zero-order valence-corrected chi connectivity index (χ0v) is 10.2. The van der Waals surface area contributed by atoms with Crippen LogP contribution in [-0.2, 0) is 6.42 Å². The zero-order valence-electron chi connectivity index (χ0n) is 10.2. The molecular weight excluding hydrogens is 212 g/mol. The van der Waals surface area contributed by atoms with Crippen LogP contribution in [0.15, 0.2) is 29.4 Å². The number of piperidine rings is 1. The van der Waals surface area contributed by atoms with Crippen molar-refractivity contribution in [2.45, 2.75) is 25.7 Å². The molecule has 0 atom stereocenters. The summed E-state index contributed by atoms with van der Waals surface area (Å²) in [6.45, 7) is 2.83. The van der Waals surface area contributed by atoms with Gasteiger partial charge in [-0.2, -0.15) is 0 Å². The van der Waals surface area contributed by atoms with Crippen LogP contribution >= 0.6 is 0 Å². The van der Waals surface area contributed by atoms with Crippen molar-refractivity contribution in [3.8, 4) is 0 Å². The van der Waals surface area contributed by atoms with Gasteiger partial charge in [-0.25, -0.2) is 0 Å². The number of likely N-dealkylation sites (tertiary alicyclic amines) is 1. The molecule has 92 valence electrons. The average molecular weight is 232 g/mol. The van der Waals surface area contributed by atoms with Gasteiger partial charge in [0, 0.05) is 37.9 Å². The smallest absolute Gasteiger partial charge is 0.191 e. The first-order valence-electron chi connectivity index (χ1n) is 6.31. The number of pyridine rings is 1. The predicted molar refractivity (Wildman–Crippen MR) is 69.9 cm³/mol. The third kappa shape index (κ3) is 3.73. The van der Waals surface area contributed by atoms with Crippen molar-refractivity contribution < 1.29 is 0 Å². The molecule has 1 aliphatic rings. The number of nitrogens with two attached hydrogens (primary N) is 1. The summed E-state index contributed by atoms with van der Waals surface area (Å²) in [5.74, 6) is 0.695. The van der Waals surface area contributed by atoms with Gasteiger partial charge < -0.3 is 10.6 Å². The summed E-state index contributed by atoms with van der Waals surface area (Å²) in [4.78, 5) is 10.9.